The van der Waals surface area contributed by atoms with Crippen LogP contribution in [-0.4, -0.2) is 12.5 Å². The number of benzene rings is 1. The lowest BCUT2D eigenvalue weighted by Gasteiger charge is -2.26. The monoisotopic (exact) mass is 262 g/mol. The highest BCUT2D eigenvalue weighted by Gasteiger charge is 2.29. The van der Waals surface area contributed by atoms with Crippen LogP contribution in [0.5, 0.6) is 0 Å². The van der Waals surface area contributed by atoms with Gasteiger partial charge in [-0.2, -0.15) is 0 Å². The fourth-order valence-electron chi connectivity index (χ4n) is 1.74. The van der Waals surface area contributed by atoms with Crippen LogP contribution in [-0.2, 0) is 10.2 Å². The first-order valence-corrected chi connectivity index (χ1v) is 6.89. The Balaban J connectivity index is 2.71. The van der Waals surface area contributed by atoms with Crippen LogP contribution in [0.25, 0.3) is 0 Å². The molecule has 1 unspecified atom stereocenters. The molecule has 1 rings (SSSR count). The Morgan fingerprint density at radius 3 is 2.21 bits per heavy atom. The van der Waals surface area contributed by atoms with Crippen LogP contribution >= 0.6 is 0 Å². The average Bonchev–Trinajstić information content (AvgIpc) is 2.35. The first kappa shape index (κ1) is 15.5. The van der Waals surface area contributed by atoms with Crippen molar-refractivity contribution in [3.8, 4) is 0 Å². The third-order valence-electron chi connectivity index (χ3n) is 3.92. The van der Waals surface area contributed by atoms with Gasteiger partial charge in [0, 0.05) is 12.2 Å². The quantitative estimate of drug-likeness (QED) is 0.802. The highest BCUT2D eigenvalue weighted by molar-refractivity contribution is 5.87. The van der Waals surface area contributed by atoms with Crippen LogP contribution in [0.4, 0.5) is 5.69 Å². The van der Waals surface area contributed by atoms with E-state index in [2.05, 4.69) is 26.1 Å². The Hall–Kier alpha value is -1.51. The second kappa shape index (κ2) is 6.09. The molecule has 0 saturated carbocycles. The van der Waals surface area contributed by atoms with Crippen molar-refractivity contribution < 1.29 is 4.79 Å². The van der Waals surface area contributed by atoms with E-state index in [9.17, 15) is 4.79 Å². The Labute approximate surface area is 116 Å². The molecule has 0 bridgehead atoms. The molecule has 0 aliphatic heterocycles. The molecule has 3 N–H and O–H groups in total. The summed E-state index contributed by atoms with van der Waals surface area (Å²) in [4.78, 5) is 12.3. The van der Waals surface area contributed by atoms with E-state index in [1.54, 1.807) is 0 Å². The highest BCUT2D eigenvalue weighted by atomic mass is 16.2. The standard InChI is InChI=1S/C16H26N2O/c1-11(2)12(3)10-18-15(19)16(4,5)13-6-8-14(17)9-7-13/h6-9,11-12H,10,17H2,1-5H3,(H,18,19). The van der Waals surface area contributed by atoms with Crippen molar-refractivity contribution in [1.29, 1.82) is 0 Å². The lowest BCUT2D eigenvalue weighted by atomic mass is 9.83. The predicted molar refractivity (Wildman–Crippen MR) is 80.9 cm³/mol. The Morgan fingerprint density at radius 2 is 1.74 bits per heavy atom. The van der Waals surface area contributed by atoms with Gasteiger partial charge >= 0.3 is 0 Å². The maximum atomic E-state index is 12.3. The van der Waals surface area contributed by atoms with Crippen LogP contribution in [0, 0.1) is 11.8 Å². The van der Waals surface area contributed by atoms with Crippen LogP contribution in [0.15, 0.2) is 24.3 Å². The zero-order valence-electron chi connectivity index (χ0n) is 12.7. The SMILES string of the molecule is CC(C)C(C)CNC(=O)C(C)(C)c1ccc(N)cc1. The minimum Gasteiger partial charge on any atom is -0.399 e. The van der Waals surface area contributed by atoms with Crippen molar-refractivity contribution in [1.82, 2.24) is 5.32 Å². The van der Waals surface area contributed by atoms with E-state index in [1.165, 1.54) is 0 Å². The third-order valence-corrected chi connectivity index (χ3v) is 3.92. The van der Waals surface area contributed by atoms with Gasteiger partial charge in [0.15, 0.2) is 0 Å². The minimum absolute atomic E-state index is 0.0600. The molecule has 0 fully saturated rings. The van der Waals surface area contributed by atoms with Gasteiger partial charge in [0.1, 0.15) is 0 Å². The van der Waals surface area contributed by atoms with Gasteiger partial charge < -0.3 is 11.1 Å². The topological polar surface area (TPSA) is 55.1 Å². The Bertz CT molecular complexity index is 421. The number of amides is 1. The Kier molecular flexibility index (Phi) is 4.98. The van der Waals surface area contributed by atoms with Gasteiger partial charge in [-0.3, -0.25) is 4.79 Å². The first-order chi connectivity index (χ1) is 8.75. The van der Waals surface area contributed by atoms with Crippen molar-refractivity contribution in [2.24, 2.45) is 11.8 Å². The summed E-state index contributed by atoms with van der Waals surface area (Å²) in [6, 6.07) is 7.50. The molecule has 106 valence electrons. The molecule has 0 aliphatic carbocycles. The predicted octanol–water partition coefficient (Wildman–Crippen LogP) is 2.95. The molecule has 0 spiro atoms. The molecule has 1 aromatic carbocycles. The van der Waals surface area contributed by atoms with Gasteiger partial charge in [0.05, 0.1) is 5.41 Å². The van der Waals surface area contributed by atoms with Crippen molar-refractivity contribution in [3.05, 3.63) is 29.8 Å². The molecule has 0 aromatic heterocycles. The summed E-state index contributed by atoms with van der Waals surface area (Å²) >= 11 is 0. The van der Waals surface area contributed by atoms with Gasteiger partial charge in [0.25, 0.3) is 0 Å². The van der Waals surface area contributed by atoms with E-state index in [1.807, 2.05) is 38.1 Å². The third kappa shape index (κ3) is 3.98. The van der Waals surface area contributed by atoms with E-state index in [0.717, 1.165) is 12.1 Å². The zero-order valence-corrected chi connectivity index (χ0v) is 12.7. The van der Waals surface area contributed by atoms with E-state index in [0.29, 0.717) is 17.5 Å². The molecule has 0 radical (unpaired) electrons. The normalized spacial score (nSPS) is 13.4. The molecule has 19 heavy (non-hydrogen) atoms. The molecule has 1 amide bonds. The second-order valence-corrected chi connectivity index (χ2v) is 6.18. The lowest BCUT2D eigenvalue weighted by Crippen LogP contribution is -2.42. The van der Waals surface area contributed by atoms with Crippen LogP contribution in [0.1, 0.15) is 40.2 Å². The fourth-order valence-corrected chi connectivity index (χ4v) is 1.74. The minimum atomic E-state index is -0.537. The van der Waals surface area contributed by atoms with Gasteiger partial charge in [-0.1, -0.05) is 32.9 Å². The number of carbonyl (C=O) groups is 1. The summed E-state index contributed by atoms with van der Waals surface area (Å²) in [5, 5.41) is 3.05. The molecule has 0 aliphatic rings. The van der Waals surface area contributed by atoms with Gasteiger partial charge in [-0.15, -0.1) is 0 Å². The van der Waals surface area contributed by atoms with Gasteiger partial charge in [-0.05, 0) is 43.4 Å². The Morgan fingerprint density at radius 1 is 1.21 bits per heavy atom. The number of nitrogens with one attached hydrogen (secondary N) is 1. The molecule has 1 atom stereocenters. The second-order valence-electron chi connectivity index (χ2n) is 6.18. The first-order valence-electron chi connectivity index (χ1n) is 6.89. The van der Waals surface area contributed by atoms with Crippen LogP contribution in [0.2, 0.25) is 0 Å². The number of nitrogen functional groups attached to an aromatic ring is 1. The molecular formula is C16H26N2O. The largest absolute Gasteiger partial charge is 0.399 e. The summed E-state index contributed by atoms with van der Waals surface area (Å²) < 4.78 is 0. The number of hydrogen-bond acceptors (Lipinski definition) is 2. The summed E-state index contributed by atoms with van der Waals surface area (Å²) in [6.07, 6.45) is 0. The molecule has 0 heterocycles. The number of rotatable bonds is 5. The van der Waals surface area contributed by atoms with Crippen LogP contribution in [0.3, 0.4) is 0 Å². The molecule has 3 heteroatoms. The van der Waals surface area contributed by atoms with Crippen LogP contribution < -0.4 is 11.1 Å². The number of hydrogen-bond donors (Lipinski definition) is 2. The number of carbonyl (C=O) groups excluding carboxylic acids is 1. The smallest absolute Gasteiger partial charge is 0.230 e. The maximum Gasteiger partial charge on any atom is 0.230 e. The highest BCUT2D eigenvalue weighted by Crippen LogP contribution is 2.24. The van der Waals surface area contributed by atoms with Crippen molar-refractivity contribution >= 4 is 11.6 Å². The molecule has 1 aromatic rings. The lowest BCUT2D eigenvalue weighted by molar-refractivity contribution is -0.125. The van der Waals surface area contributed by atoms with E-state index >= 15 is 0 Å². The molecule has 3 nitrogen and oxygen atoms in total. The van der Waals surface area contributed by atoms with Crippen molar-refractivity contribution in [3.63, 3.8) is 0 Å². The van der Waals surface area contributed by atoms with E-state index in [4.69, 9.17) is 5.73 Å². The maximum absolute atomic E-state index is 12.3. The fraction of sp³-hybridized carbons (Fsp3) is 0.562. The summed E-state index contributed by atoms with van der Waals surface area (Å²) in [7, 11) is 0. The van der Waals surface area contributed by atoms with Crippen molar-refractivity contribution in [2.75, 3.05) is 12.3 Å². The summed E-state index contributed by atoms with van der Waals surface area (Å²) in [6.45, 7) is 11.1. The number of anilines is 1. The summed E-state index contributed by atoms with van der Waals surface area (Å²) in [5.41, 5.74) is 6.84. The molecular weight excluding hydrogens is 236 g/mol. The van der Waals surface area contributed by atoms with E-state index < -0.39 is 5.41 Å². The average molecular weight is 262 g/mol. The van der Waals surface area contributed by atoms with Gasteiger partial charge in [0.2, 0.25) is 5.91 Å². The number of nitrogens with two attached hydrogens (primary N) is 1. The molecule has 0 saturated heterocycles. The van der Waals surface area contributed by atoms with Crippen molar-refractivity contribution in [2.45, 2.75) is 40.0 Å². The zero-order chi connectivity index (χ0) is 14.6. The van der Waals surface area contributed by atoms with E-state index in [-0.39, 0.29) is 5.91 Å². The van der Waals surface area contributed by atoms with Gasteiger partial charge in [-0.25, -0.2) is 0 Å². The summed E-state index contributed by atoms with van der Waals surface area (Å²) in [5.74, 6) is 1.11.